The molecule has 0 radical (unpaired) electrons. The molecular formula is C9H6BrFS2. The van der Waals surface area contributed by atoms with Gasteiger partial charge in [0, 0.05) is 14.8 Å². The number of benzene rings is 1. The molecule has 0 unspecified atom stereocenters. The third-order valence-electron chi connectivity index (χ3n) is 1.82. The van der Waals surface area contributed by atoms with Gasteiger partial charge < -0.3 is 0 Å². The summed E-state index contributed by atoms with van der Waals surface area (Å²) in [4.78, 5) is 0.696. The second kappa shape index (κ2) is 3.59. The van der Waals surface area contributed by atoms with E-state index in [1.807, 2.05) is 23.8 Å². The molecule has 0 aliphatic rings. The van der Waals surface area contributed by atoms with Crippen molar-refractivity contribution in [2.75, 3.05) is 6.26 Å². The Morgan fingerprint density at radius 1 is 1.54 bits per heavy atom. The van der Waals surface area contributed by atoms with Crippen LogP contribution in [0.4, 0.5) is 4.39 Å². The molecule has 13 heavy (non-hydrogen) atoms. The van der Waals surface area contributed by atoms with E-state index in [9.17, 15) is 4.39 Å². The highest BCUT2D eigenvalue weighted by molar-refractivity contribution is 9.10. The third kappa shape index (κ3) is 1.51. The lowest BCUT2D eigenvalue weighted by Crippen LogP contribution is -1.81. The van der Waals surface area contributed by atoms with Crippen molar-refractivity contribution in [1.82, 2.24) is 0 Å². The van der Waals surface area contributed by atoms with Crippen LogP contribution < -0.4 is 0 Å². The van der Waals surface area contributed by atoms with Gasteiger partial charge in [-0.3, -0.25) is 0 Å². The zero-order chi connectivity index (χ0) is 9.42. The van der Waals surface area contributed by atoms with E-state index in [1.165, 1.54) is 23.1 Å². The molecule has 0 fully saturated rings. The monoisotopic (exact) mass is 276 g/mol. The van der Waals surface area contributed by atoms with E-state index < -0.39 is 0 Å². The van der Waals surface area contributed by atoms with Crippen LogP contribution >= 0.6 is 39.0 Å². The predicted molar refractivity (Wildman–Crippen MR) is 61.3 cm³/mol. The SMILES string of the molecule is CSc1cc(Br)c2ccsc2c1F. The van der Waals surface area contributed by atoms with Crippen molar-refractivity contribution in [3.8, 4) is 0 Å². The Labute approximate surface area is 92.3 Å². The number of fused-ring (bicyclic) bond motifs is 1. The van der Waals surface area contributed by atoms with Crippen molar-refractivity contribution in [3.05, 3.63) is 27.8 Å². The van der Waals surface area contributed by atoms with Gasteiger partial charge in [-0.15, -0.1) is 23.1 Å². The summed E-state index contributed by atoms with van der Waals surface area (Å²) in [6, 6.07) is 3.76. The minimum Gasteiger partial charge on any atom is -0.204 e. The first-order valence-corrected chi connectivity index (χ1v) is 6.53. The maximum Gasteiger partial charge on any atom is 0.154 e. The zero-order valence-electron chi connectivity index (χ0n) is 6.80. The Morgan fingerprint density at radius 3 is 3.00 bits per heavy atom. The van der Waals surface area contributed by atoms with Crippen molar-refractivity contribution in [2.45, 2.75) is 4.90 Å². The van der Waals surface area contributed by atoms with Crippen LogP contribution in [0.3, 0.4) is 0 Å². The fourth-order valence-electron chi connectivity index (χ4n) is 1.18. The highest BCUT2D eigenvalue weighted by atomic mass is 79.9. The minimum atomic E-state index is -0.0966. The van der Waals surface area contributed by atoms with Crippen LogP contribution in [0.15, 0.2) is 26.9 Å². The van der Waals surface area contributed by atoms with E-state index in [-0.39, 0.29) is 5.82 Å². The molecule has 0 atom stereocenters. The quantitative estimate of drug-likeness (QED) is 0.690. The smallest absolute Gasteiger partial charge is 0.154 e. The topological polar surface area (TPSA) is 0 Å². The second-order valence-electron chi connectivity index (χ2n) is 2.54. The Morgan fingerprint density at radius 2 is 2.31 bits per heavy atom. The zero-order valence-corrected chi connectivity index (χ0v) is 10.0. The molecule has 2 aromatic rings. The molecule has 0 N–H and O–H groups in total. The van der Waals surface area contributed by atoms with Gasteiger partial charge in [0.2, 0.25) is 0 Å². The van der Waals surface area contributed by atoms with Gasteiger partial charge in [0.1, 0.15) is 0 Å². The van der Waals surface area contributed by atoms with Gasteiger partial charge >= 0.3 is 0 Å². The summed E-state index contributed by atoms with van der Waals surface area (Å²) in [5, 5.41) is 2.86. The van der Waals surface area contributed by atoms with Crippen molar-refractivity contribution in [2.24, 2.45) is 0 Å². The van der Waals surface area contributed by atoms with Crippen LogP contribution in [0.2, 0.25) is 0 Å². The normalized spacial score (nSPS) is 11.0. The summed E-state index contributed by atoms with van der Waals surface area (Å²) in [5.41, 5.74) is 0. The Hall–Kier alpha value is -0.0600. The predicted octanol–water partition coefficient (Wildman–Crippen LogP) is 4.52. The standard InChI is InChI=1S/C9H6BrFS2/c1-12-7-4-6(10)5-2-3-13-9(5)8(7)11/h2-4H,1H3. The molecule has 0 amide bonds. The lowest BCUT2D eigenvalue weighted by atomic mass is 10.2. The lowest BCUT2D eigenvalue weighted by Gasteiger charge is -2.01. The van der Waals surface area contributed by atoms with E-state index in [1.54, 1.807) is 0 Å². The highest BCUT2D eigenvalue weighted by Gasteiger charge is 2.10. The van der Waals surface area contributed by atoms with Gasteiger partial charge in [-0.25, -0.2) is 4.39 Å². The second-order valence-corrected chi connectivity index (χ2v) is 5.16. The molecular weight excluding hydrogens is 271 g/mol. The first-order chi connectivity index (χ1) is 6.24. The number of thiophene rings is 1. The van der Waals surface area contributed by atoms with Gasteiger partial charge in [-0.2, -0.15) is 0 Å². The first kappa shape index (κ1) is 9.49. The minimum absolute atomic E-state index is 0.0966. The summed E-state index contributed by atoms with van der Waals surface area (Å²) < 4.78 is 15.4. The molecule has 0 aliphatic heterocycles. The maximum absolute atomic E-state index is 13.7. The van der Waals surface area contributed by atoms with Crippen LogP contribution in [-0.4, -0.2) is 6.26 Å². The van der Waals surface area contributed by atoms with Crippen molar-refractivity contribution < 1.29 is 4.39 Å². The molecule has 0 spiro atoms. The van der Waals surface area contributed by atoms with E-state index in [0.717, 1.165) is 14.6 Å². The van der Waals surface area contributed by atoms with Gasteiger partial charge in [-0.1, -0.05) is 15.9 Å². The average molecular weight is 277 g/mol. The molecule has 0 nitrogen and oxygen atoms in total. The van der Waals surface area contributed by atoms with Crippen LogP contribution in [0.25, 0.3) is 10.1 Å². The summed E-state index contributed by atoms with van der Waals surface area (Å²) >= 11 is 6.30. The summed E-state index contributed by atoms with van der Waals surface area (Å²) in [5.74, 6) is -0.0966. The molecule has 0 saturated carbocycles. The number of rotatable bonds is 1. The number of hydrogen-bond donors (Lipinski definition) is 0. The summed E-state index contributed by atoms with van der Waals surface area (Å²) in [6.45, 7) is 0. The van der Waals surface area contributed by atoms with Gasteiger partial charge in [0.05, 0.1) is 4.70 Å². The molecule has 68 valence electrons. The molecule has 1 aromatic carbocycles. The maximum atomic E-state index is 13.7. The Kier molecular flexibility index (Phi) is 2.62. The molecule has 0 aliphatic carbocycles. The molecule has 4 heteroatoms. The van der Waals surface area contributed by atoms with E-state index in [2.05, 4.69) is 15.9 Å². The van der Waals surface area contributed by atoms with E-state index >= 15 is 0 Å². The van der Waals surface area contributed by atoms with E-state index in [4.69, 9.17) is 0 Å². The molecule has 0 bridgehead atoms. The van der Waals surface area contributed by atoms with E-state index in [0.29, 0.717) is 4.90 Å². The van der Waals surface area contributed by atoms with Gasteiger partial charge in [0.15, 0.2) is 5.82 Å². The number of hydrogen-bond acceptors (Lipinski definition) is 2. The fourth-order valence-corrected chi connectivity index (χ4v) is 3.47. The number of thioether (sulfide) groups is 1. The van der Waals surface area contributed by atoms with Crippen LogP contribution in [-0.2, 0) is 0 Å². The fraction of sp³-hybridized carbons (Fsp3) is 0.111. The van der Waals surface area contributed by atoms with Crippen LogP contribution in [0.1, 0.15) is 0 Å². The van der Waals surface area contributed by atoms with Crippen molar-refractivity contribution in [3.63, 3.8) is 0 Å². The molecule has 1 heterocycles. The van der Waals surface area contributed by atoms with Crippen molar-refractivity contribution in [1.29, 1.82) is 0 Å². The van der Waals surface area contributed by atoms with Crippen LogP contribution in [0, 0.1) is 5.82 Å². The Bertz CT molecular complexity index is 450. The lowest BCUT2D eigenvalue weighted by molar-refractivity contribution is 0.616. The summed E-state index contributed by atoms with van der Waals surface area (Å²) in [6.07, 6.45) is 1.88. The highest BCUT2D eigenvalue weighted by Crippen LogP contribution is 2.35. The molecule has 0 saturated heterocycles. The van der Waals surface area contributed by atoms with Gasteiger partial charge in [-0.05, 0) is 23.8 Å². The molecule has 2 rings (SSSR count). The first-order valence-electron chi connectivity index (χ1n) is 3.63. The summed E-state index contributed by atoms with van der Waals surface area (Å²) in [7, 11) is 0. The average Bonchev–Trinajstić information content (AvgIpc) is 2.60. The van der Waals surface area contributed by atoms with Crippen LogP contribution in [0.5, 0.6) is 0 Å². The van der Waals surface area contributed by atoms with Crippen molar-refractivity contribution >= 4 is 49.1 Å². The van der Waals surface area contributed by atoms with Gasteiger partial charge in [0.25, 0.3) is 0 Å². The largest absolute Gasteiger partial charge is 0.204 e. The Balaban J connectivity index is 2.85. The third-order valence-corrected chi connectivity index (χ3v) is 4.12. The number of halogens is 2. The molecule has 1 aromatic heterocycles.